The third kappa shape index (κ3) is 5.27. The maximum Gasteiger partial charge on any atom is 0.0220 e. The first-order valence-corrected chi connectivity index (χ1v) is 7.94. The summed E-state index contributed by atoms with van der Waals surface area (Å²) in [4.78, 5) is 2.68. The second kappa shape index (κ2) is 7.49. The zero-order chi connectivity index (χ0) is 13.6. The van der Waals surface area contributed by atoms with E-state index < -0.39 is 0 Å². The van der Waals surface area contributed by atoms with Gasteiger partial charge in [0, 0.05) is 19.1 Å². The summed E-state index contributed by atoms with van der Waals surface area (Å²) in [6.45, 7) is 16.7. The highest BCUT2D eigenvalue weighted by Crippen LogP contribution is 2.28. The Labute approximate surface area is 115 Å². The highest BCUT2D eigenvalue weighted by molar-refractivity contribution is 4.84. The van der Waals surface area contributed by atoms with Crippen molar-refractivity contribution in [2.75, 3.05) is 26.2 Å². The summed E-state index contributed by atoms with van der Waals surface area (Å²) in [6, 6.07) is 0.670. The molecule has 0 amide bonds. The molecule has 1 heterocycles. The molecule has 0 radical (unpaired) electrons. The molecule has 0 aromatic carbocycles. The second-order valence-electron chi connectivity index (χ2n) is 6.95. The van der Waals surface area contributed by atoms with E-state index in [0.717, 1.165) is 12.5 Å². The predicted octanol–water partition coefficient (Wildman–Crippen LogP) is 3.52. The molecule has 18 heavy (non-hydrogen) atoms. The van der Waals surface area contributed by atoms with Crippen LogP contribution in [0.15, 0.2) is 0 Å². The number of rotatable bonds is 7. The molecule has 2 nitrogen and oxygen atoms in total. The Bertz CT molecular complexity index is 225. The molecular formula is C16H34N2. The SMILES string of the molecule is CCCNC(CN1CCCC(C)(C)C1)C(C)CC. The molecule has 2 unspecified atom stereocenters. The zero-order valence-corrected chi connectivity index (χ0v) is 13.3. The molecule has 1 N–H and O–H groups in total. The van der Waals surface area contributed by atoms with Gasteiger partial charge in [-0.1, -0.05) is 41.0 Å². The molecule has 2 heteroatoms. The molecule has 1 rings (SSSR count). The van der Waals surface area contributed by atoms with Crippen molar-refractivity contribution >= 4 is 0 Å². The highest BCUT2D eigenvalue weighted by Gasteiger charge is 2.28. The molecule has 0 aromatic heterocycles. The van der Waals surface area contributed by atoms with Crippen molar-refractivity contribution in [2.24, 2.45) is 11.3 Å². The summed E-state index contributed by atoms with van der Waals surface area (Å²) >= 11 is 0. The summed E-state index contributed by atoms with van der Waals surface area (Å²) in [5, 5.41) is 3.75. The topological polar surface area (TPSA) is 15.3 Å². The van der Waals surface area contributed by atoms with Crippen LogP contribution in [0.25, 0.3) is 0 Å². The average Bonchev–Trinajstić information content (AvgIpc) is 2.32. The van der Waals surface area contributed by atoms with Gasteiger partial charge < -0.3 is 10.2 Å². The van der Waals surface area contributed by atoms with Crippen molar-refractivity contribution in [1.82, 2.24) is 10.2 Å². The van der Waals surface area contributed by atoms with Crippen LogP contribution in [0.2, 0.25) is 0 Å². The van der Waals surface area contributed by atoms with Gasteiger partial charge in [0.2, 0.25) is 0 Å². The predicted molar refractivity (Wildman–Crippen MR) is 81.0 cm³/mol. The van der Waals surface area contributed by atoms with E-state index in [0.29, 0.717) is 11.5 Å². The Balaban J connectivity index is 2.48. The Hall–Kier alpha value is -0.0800. The molecule has 1 saturated heterocycles. The molecule has 0 aromatic rings. The van der Waals surface area contributed by atoms with Crippen LogP contribution in [-0.2, 0) is 0 Å². The first-order chi connectivity index (χ1) is 8.48. The number of piperidine rings is 1. The summed E-state index contributed by atoms with van der Waals surface area (Å²) in [5.41, 5.74) is 0.517. The molecule has 1 aliphatic rings. The van der Waals surface area contributed by atoms with Gasteiger partial charge in [-0.25, -0.2) is 0 Å². The van der Waals surface area contributed by atoms with Crippen LogP contribution in [0.4, 0.5) is 0 Å². The molecule has 1 fully saturated rings. The molecule has 0 aliphatic carbocycles. The lowest BCUT2D eigenvalue weighted by Gasteiger charge is -2.40. The van der Waals surface area contributed by atoms with E-state index in [-0.39, 0.29) is 0 Å². The quantitative estimate of drug-likeness (QED) is 0.748. The third-order valence-corrected chi connectivity index (χ3v) is 4.42. The van der Waals surface area contributed by atoms with Crippen LogP contribution in [0.3, 0.4) is 0 Å². The van der Waals surface area contributed by atoms with Crippen molar-refractivity contribution in [3.8, 4) is 0 Å². The van der Waals surface area contributed by atoms with Gasteiger partial charge in [0.1, 0.15) is 0 Å². The minimum atomic E-state index is 0.517. The molecule has 1 aliphatic heterocycles. The number of likely N-dealkylation sites (tertiary alicyclic amines) is 1. The smallest absolute Gasteiger partial charge is 0.0220 e. The average molecular weight is 254 g/mol. The van der Waals surface area contributed by atoms with Crippen LogP contribution >= 0.6 is 0 Å². The van der Waals surface area contributed by atoms with Gasteiger partial charge in [0.15, 0.2) is 0 Å². The minimum absolute atomic E-state index is 0.517. The Morgan fingerprint density at radius 1 is 1.28 bits per heavy atom. The van der Waals surface area contributed by atoms with Crippen LogP contribution in [0.5, 0.6) is 0 Å². The van der Waals surface area contributed by atoms with E-state index in [4.69, 9.17) is 0 Å². The molecule has 2 atom stereocenters. The summed E-state index contributed by atoms with van der Waals surface area (Å²) in [6.07, 6.45) is 5.27. The first-order valence-electron chi connectivity index (χ1n) is 7.94. The van der Waals surface area contributed by atoms with Crippen molar-refractivity contribution in [3.63, 3.8) is 0 Å². The number of nitrogens with one attached hydrogen (secondary N) is 1. The van der Waals surface area contributed by atoms with Gasteiger partial charge in [-0.05, 0) is 43.7 Å². The Kier molecular flexibility index (Phi) is 6.65. The van der Waals surface area contributed by atoms with Crippen molar-refractivity contribution in [2.45, 2.75) is 66.3 Å². The standard InChI is InChI=1S/C16H34N2/c1-6-10-17-15(14(3)7-2)12-18-11-8-9-16(4,5)13-18/h14-15,17H,6-13H2,1-5H3. The monoisotopic (exact) mass is 254 g/mol. The largest absolute Gasteiger partial charge is 0.312 e. The number of nitrogens with zero attached hydrogens (tertiary/aromatic N) is 1. The van der Waals surface area contributed by atoms with Crippen molar-refractivity contribution < 1.29 is 0 Å². The van der Waals surface area contributed by atoms with E-state index in [9.17, 15) is 0 Å². The van der Waals surface area contributed by atoms with Crippen LogP contribution in [0, 0.1) is 11.3 Å². The lowest BCUT2D eigenvalue weighted by molar-refractivity contribution is 0.0990. The molecule has 0 bridgehead atoms. The highest BCUT2D eigenvalue weighted by atomic mass is 15.2. The zero-order valence-electron chi connectivity index (χ0n) is 13.3. The fourth-order valence-corrected chi connectivity index (χ4v) is 3.04. The number of hydrogen-bond donors (Lipinski definition) is 1. The maximum absolute atomic E-state index is 3.75. The summed E-state index contributed by atoms with van der Waals surface area (Å²) in [5.74, 6) is 0.779. The van der Waals surface area contributed by atoms with Crippen LogP contribution in [-0.4, -0.2) is 37.1 Å². The summed E-state index contributed by atoms with van der Waals surface area (Å²) < 4.78 is 0. The summed E-state index contributed by atoms with van der Waals surface area (Å²) in [7, 11) is 0. The van der Waals surface area contributed by atoms with E-state index in [2.05, 4.69) is 44.8 Å². The van der Waals surface area contributed by atoms with Crippen molar-refractivity contribution in [3.05, 3.63) is 0 Å². The fraction of sp³-hybridized carbons (Fsp3) is 1.00. The first kappa shape index (κ1) is 16.0. The Morgan fingerprint density at radius 3 is 2.56 bits per heavy atom. The van der Waals surface area contributed by atoms with E-state index in [1.165, 1.54) is 45.3 Å². The van der Waals surface area contributed by atoms with Gasteiger partial charge in [-0.15, -0.1) is 0 Å². The van der Waals surface area contributed by atoms with Gasteiger partial charge >= 0.3 is 0 Å². The lowest BCUT2D eigenvalue weighted by atomic mass is 9.83. The molecule has 0 saturated carbocycles. The van der Waals surface area contributed by atoms with Crippen LogP contribution < -0.4 is 5.32 Å². The Morgan fingerprint density at radius 2 is 2.00 bits per heavy atom. The van der Waals surface area contributed by atoms with E-state index >= 15 is 0 Å². The molecular weight excluding hydrogens is 220 g/mol. The second-order valence-corrected chi connectivity index (χ2v) is 6.95. The third-order valence-electron chi connectivity index (χ3n) is 4.42. The maximum atomic E-state index is 3.75. The number of hydrogen-bond acceptors (Lipinski definition) is 2. The molecule has 0 spiro atoms. The van der Waals surface area contributed by atoms with Crippen LogP contribution in [0.1, 0.15) is 60.3 Å². The molecule has 108 valence electrons. The van der Waals surface area contributed by atoms with Gasteiger partial charge in [0.05, 0.1) is 0 Å². The fourth-order valence-electron chi connectivity index (χ4n) is 3.04. The minimum Gasteiger partial charge on any atom is -0.312 e. The van der Waals surface area contributed by atoms with Gasteiger partial charge in [-0.3, -0.25) is 0 Å². The van der Waals surface area contributed by atoms with Gasteiger partial charge in [0.25, 0.3) is 0 Å². The van der Waals surface area contributed by atoms with E-state index in [1.807, 2.05) is 0 Å². The van der Waals surface area contributed by atoms with E-state index in [1.54, 1.807) is 0 Å². The normalized spacial score (nSPS) is 23.8. The lowest BCUT2D eigenvalue weighted by Crippen LogP contribution is -2.49. The van der Waals surface area contributed by atoms with Gasteiger partial charge in [-0.2, -0.15) is 0 Å². The van der Waals surface area contributed by atoms with Crippen molar-refractivity contribution in [1.29, 1.82) is 0 Å².